The fourth-order valence-corrected chi connectivity index (χ4v) is 3.35. The van der Waals surface area contributed by atoms with Gasteiger partial charge >= 0.3 is 0 Å². The van der Waals surface area contributed by atoms with E-state index in [4.69, 9.17) is 4.74 Å². The maximum Gasteiger partial charge on any atom is 0.258 e. The number of aromatic nitrogens is 2. The van der Waals surface area contributed by atoms with Gasteiger partial charge in [-0.05, 0) is 30.9 Å². The van der Waals surface area contributed by atoms with Crippen molar-refractivity contribution in [1.29, 1.82) is 0 Å². The lowest BCUT2D eigenvalue weighted by molar-refractivity contribution is -0.138. The molecular weight excluding hydrogens is 318 g/mol. The third-order valence-corrected chi connectivity index (χ3v) is 4.81. The Labute approximate surface area is 147 Å². The molecule has 0 radical (unpaired) electrons. The van der Waals surface area contributed by atoms with Crippen molar-refractivity contribution in [2.24, 2.45) is 5.92 Å². The molecule has 134 valence electrons. The van der Waals surface area contributed by atoms with E-state index in [1.165, 1.54) is 6.42 Å². The van der Waals surface area contributed by atoms with Gasteiger partial charge in [-0.3, -0.25) is 9.59 Å². The molecule has 2 aromatic rings. The number of H-pyrrole nitrogens is 1. The summed E-state index contributed by atoms with van der Waals surface area (Å²) in [5.41, 5.74) is 0.448. The second kappa shape index (κ2) is 7.78. The molecule has 6 nitrogen and oxygen atoms in total. The minimum atomic E-state index is -0.186. The standard InChI is InChI=1S/C19H25N3O3/c1-13-6-5-7-14(10-13)25-12-18(23)22(2)11-17-20-16-9-4-3-8-15(16)19(24)21-17/h3-4,8-9,13-14H,5-7,10-12H2,1-2H3,(H,20,21,24)/t13-,14-/m1/s1. The minimum Gasteiger partial charge on any atom is -0.368 e. The van der Waals surface area contributed by atoms with Crippen molar-refractivity contribution < 1.29 is 9.53 Å². The molecule has 0 bridgehead atoms. The van der Waals surface area contributed by atoms with Crippen LogP contribution in [0.25, 0.3) is 10.9 Å². The summed E-state index contributed by atoms with van der Waals surface area (Å²) >= 11 is 0. The van der Waals surface area contributed by atoms with Crippen LogP contribution in [0.15, 0.2) is 29.1 Å². The molecule has 25 heavy (non-hydrogen) atoms. The normalized spacial score (nSPS) is 20.6. The van der Waals surface area contributed by atoms with Gasteiger partial charge in [0.25, 0.3) is 5.56 Å². The minimum absolute atomic E-state index is 0.0751. The number of hydrogen-bond donors (Lipinski definition) is 1. The summed E-state index contributed by atoms with van der Waals surface area (Å²) in [5, 5.41) is 0.551. The van der Waals surface area contributed by atoms with Crippen LogP contribution in [-0.2, 0) is 16.1 Å². The maximum absolute atomic E-state index is 12.3. The van der Waals surface area contributed by atoms with E-state index in [1.807, 2.05) is 6.07 Å². The van der Waals surface area contributed by atoms with Crippen molar-refractivity contribution in [3.8, 4) is 0 Å². The Bertz CT molecular complexity index is 802. The first-order valence-corrected chi connectivity index (χ1v) is 8.86. The summed E-state index contributed by atoms with van der Waals surface area (Å²) in [4.78, 5) is 33.1. The molecule has 1 amide bonds. The molecule has 2 atom stereocenters. The topological polar surface area (TPSA) is 75.3 Å². The largest absolute Gasteiger partial charge is 0.368 e. The van der Waals surface area contributed by atoms with Gasteiger partial charge in [0.2, 0.25) is 5.91 Å². The summed E-state index contributed by atoms with van der Waals surface area (Å²) in [6.45, 7) is 2.56. The van der Waals surface area contributed by atoms with E-state index in [0.29, 0.717) is 22.6 Å². The van der Waals surface area contributed by atoms with Crippen LogP contribution >= 0.6 is 0 Å². The Morgan fingerprint density at radius 1 is 1.36 bits per heavy atom. The molecule has 1 aromatic carbocycles. The van der Waals surface area contributed by atoms with Gasteiger partial charge in [0, 0.05) is 7.05 Å². The lowest BCUT2D eigenvalue weighted by Crippen LogP contribution is -2.33. The predicted octanol–water partition coefficient (Wildman–Crippen LogP) is 2.48. The molecule has 1 saturated carbocycles. The van der Waals surface area contributed by atoms with Crippen molar-refractivity contribution in [3.05, 3.63) is 40.4 Å². The Kier molecular flexibility index (Phi) is 5.48. The Morgan fingerprint density at radius 2 is 2.16 bits per heavy atom. The van der Waals surface area contributed by atoms with Crippen LogP contribution < -0.4 is 5.56 Å². The first kappa shape index (κ1) is 17.6. The van der Waals surface area contributed by atoms with Crippen LogP contribution in [0.4, 0.5) is 0 Å². The Balaban J connectivity index is 1.58. The highest BCUT2D eigenvalue weighted by atomic mass is 16.5. The molecule has 0 spiro atoms. The number of ether oxygens (including phenoxy) is 1. The third-order valence-electron chi connectivity index (χ3n) is 4.81. The number of hydrogen-bond acceptors (Lipinski definition) is 4. The number of carbonyl (C=O) groups excluding carboxylic acids is 1. The highest BCUT2D eigenvalue weighted by Crippen LogP contribution is 2.25. The number of nitrogens with one attached hydrogen (secondary N) is 1. The van der Waals surface area contributed by atoms with E-state index in [9.17, 15) is 9.59 Å². The molecule has 1 aliphatic rings. The molecule has 6 heteroatoms. The SMILES string of the molecule is C[C@@H]1CCC[C@@H](OCC(=O)N(C)Cc2nc3ccccc3c(=O)[nH]2)C1. The number of fused-ring (bicyclic) bond motifs is 1. The quantitative estimate of drug-likeness (QED) is 0.905. The van der Waals surface area contributed by atoms with Gasteiger partial charge in [-0.25, -0.2) is 4.98 Å². The highest BCUT2D eigenvalue weighted by molar-refractivity contribution is 5.78. The fraction of sp³-hybridized carbons (Fsp3) is 0.526. The third kappa shape index (κ3) is 4.45. The number of rotatable bonds is 5. The second-order valence-corrected chi connectivity index (χ2v) is 6.98. The van der Waals surface area contributed by atoms with Crippen LogP contribution in [0.1, 0.15) is 38.4 Å². The van der Waals surface area contributed by atoms with Crippen molar-refractivity contribution in [2.45, 2.75) is 45.3 Å². The molecule has 1 fully saturated rings. The van der Waals surface area contributed by atoms with Gasteiger partial charge in [-0.1, -0.05) is 31.9 Å². The molecule has 0 aliphatic heterocycles. The number of nitrogens with zero attached hydrogens (tertiary/aromatic N) is 2. The molecule has 1 N–H and O–H groups in total. The van der Waals surface area contributed by atoms with Gasteiger partial charge in [-0.2, -0.15) is 0 Å². The summed E-state index contributed by atoms with van der Waals surface area (Å²) in [5.74, 6) is 1.04. The second-order valence-electron chi connectivity index (χ2n) is 6.98. The van der Waals surface area contributed by atoms with E-state index in [2.05, 4.69) is 16.9 Å². The fourth-order valence-electron chi connectivity index (χ4n) is 3.35. The first-order valence-electron chi connectivity index (χ1n) is 8.86. The number of para-hydroxylation sites is 1. The van der Waals surface area contributed by atoms with Crippen molar-refractivity contribution >= 4 is 16.8 Å². The van der Waals surface area contributed by atoms with E-state index >= 15 is 0 Å². The van der Waals surface area contributed by atoms with E-state index < -0.39 is 0 Å². The predicted molar refractivity (Wildman–Crippen MR) is 96.2 cm³/mol. The smallest absolute Gasteiger partial charge is 0.258 e. The molecule has 1 aromatic heterocycles. The Morgan fingerprint density at radius 3 is 2.96 bits per heavy atom. The number of amides is 1. The Hall–Kier alpha value is -2.21. The highest BCUT2D eigenvalue weighted by Gasteiger charge is 2.21. The summed E-state index contributed by atoms with van der Waals surface area (Å²) in [7, 11) is 1.70. The number of benzene rings is 1. The summed E-state index contributed by atoms with van der Waals surface area (Å²) < 4.78 is 5.78. The monoisotopic (exact) mass is 343 g/mol. The average Bonchev–Trinajstić information content (AvgIpc) is 2.60. The molecule has 0 unspecified atom stereocenters. The average molecular weight is 343 g/mol. The molecule has 0 saturated heterocycles. The van der Waals surface area contributed by atoms with Gasteiger partial charge < -0.3 is 14.6 Å². The zero-order valence-corrected chi connectivity index (χ0v) is 14.8. The van der Waals surface area contributed by atoms with Crippen LogP contribution in [0.2, 0.25) is 0 Å². The number of likely N-dealkylation sites (N-methyl/N-ethyl adjacent to an activating group) is 1. The van der Waals surface area contributed by atoms with Crippen LogP contribution in [0.3, 0.4) is 0 Å². The number of aromatic amines is 1. The van der Waals surface area contributed by atoms with Crippen LogP contribution in [0.5, 0.6) is 0 Å². The van der Waals surface area contributed by atoms with E-state index in [0.717, 1.165) is 19.3 Å². The van der Waals surface area contributed by atoms with E-state index in [1.54, 1.807) is 30.1 Å². The zero-order chi connectivity index (χ0) is 17.8. The van der Waals surface area contributed by atoms with Crippen LogP contribution in [-0.4, -0.2) is 40.5 Å². The summed E-state index contributed by atoms with van der Waals surface area (Å²) in [6.07, 6.45) is 4.64. The van der Waals surface area contributed by atoms with Gasteiger partial charge in [-0.15, -0.1) is 0 Å². The first-order chi connectivity index (χ1) is 12.0. The van der Waals surface area contributed by atoms with Gasteiger partial charge in [0.05, 0.1) is 23.6 Å². The van der Waals surface area contributed by atoms with E-state index in [-0.39, 0.29) is 30.7 Å². The number of carbonyl (C=O) groups is 1. The zero-order valence-electron chi connectivity index (χ0n) is 14.8. The van der Waals surface area contributed by atoms with Gasteiger partial charge in [0.1, 0.15) is 12.4 Å². The van der Waals surface area contributed by atoms with Crippen molar-refractivity contribution in [2.75, 3.05) is 13.7 Å². The van der Waals surface area contributed by atoms with Crippen molar-refractivity contribution in [1.82, 2.24) is 14.9 Å². The van der Waals surface area contributed by atoms with Crippen LogP contribution in [0, 0.1) is 5.92 Å². The summed E-state index contributed by atoms with van der Waals surface area (Å²) in [6, 6.07) is 7.17. The lowest BCUT2D eigenvalue weighted by Gasteiger charge is -2.27. The lowest BCUT2D eigenvalue weighted by atomic mass is 9.89. The van der Waals surface area contributed by atoms with Crippen molar-refractivity contribution in [3.63, 3.8) is 0 Å². The molecule has 3 rings (SSSR count). The molecular formula is C19H25N3O3. The van der Waals surface area contributed by atoms with Gasteiger partial charge in [0.15, 0.2) is 0 Å². The molecule has 1 aliphatic carbocycles. The molecule has 1 heterocycles. The maximum atomic E-state index is 12.3.